The average molecular weight is 304 g/mol. The maximum Gasteiger partial charge on any atom is 0.101 e. The van der Waals surface area contributed by atoms with Crippen molar-refractivity contribution in [3.05, 3.63) is 11.6 Å². The highest BCUT2D eigenvalue weighted by atomic mass is 79.9. The van der Waals surface area contributed by atoms with E-state index in [0.717, 1.165) is 12.4 Å². The lowest BCUT2D eigenvalue weighted by Gasteiger charge is -2.11. The molecule has 0 aliphatic rings. The van der Waals surface area contributed by atoms with Crippen LogP contribution in [-0.4, -0.2) is 6.61 Å². The van der Waals surface area contributed by atoms with Gasteiger partial charge in [-0.3, -0.25) is 0 Å². The molecule has 1 nitrogen and oxygen atoms in total. The van der Waals surface area contributed by atoms with Crippen LogP contribution >= 0.6 is 36.3 Å². The predicted molar refractivity (Wildman–Crippen MR) is 59.3 cm³/mol. The molecule has 0 saturated heterocycles. The van der Waals surface area contributed by atoms with Crippen LogP contribution in [0.15, 0.2) is 11.6 Å². The van der Waals surface area contributed by atoms with Gasteiger partial charge in [0.15, 0.2) is 0 Å². The van der Waals surface area contributed by atoms with Crippen LogP contribution in [0.25, 0.3) is 0 Å². The third-order valence-corrected chi connectivity index (χ3v) is 2.78. The van der Waals surface area contributed by atoms with Gasteiger partial charge >= 0.3 is 0 Å². The summed E-state index contributed by atoms with van der Waals surface area (Å²) in [6, 6.07) is 0. The summed E-state index contributed by atoms with van der Waals surface area (Å²) in [6.45, 7) is 6.99. The van der Waals surface area contributed by atoms with Crippen LogP contribution in [0.4, 0.5) is 0 Å². The van der Waals surface area contributed by atoms with E-state index in [4.69, 9.17) is 4.74 Å². The smallest absolute Gasteiger partial charge is 0.101 e. The van der Waals surface area contributed by atoms with Crippen LogP contribution in [0.5, 0.6) is 0 Å². The lowest BCUT2D eigenvalue weighted by Crippen LogP contribution is -1.98. The first kappa shape index (κ1) is 11.9. The summed E-state index contributed by atoms with van der Waals surface area (Å²) in [7, 11) is 0. The molecule has 0 aromatic rings. The second-order valence-corrected chi connectivity index (χ2v) is 10.6. The number of halogens is 2. The van der Waals surface area contributed by atoms with E-state index >= 15 is 0 Å². The molecule has 4 heteroatoms. The maximum absolute atomic E-state index is 5.43. The summed E-state index contributed by atoms with van der Waals surface area (Å²) < 4.78 is 5.43. The van der Waals surface area contributed by atoms with Crippen molar-refractivity contribution in [2.75, 3.05) is 6.61 Å². The van der Waals surface area contributed by atoms with Gasteiger partial charge in [-0.05, 0) is 43.7 Å². The van der Waals surface area contributed by atoms with E-state index in [-0.39, 0.29) is 5.33 Å². The van der Waals surface area contributed by atoms with Gasteiger partial charge in [-0.25, -0.2) is 0 Å². The Balaban J connectivity index is 4.08. The summed E-state index contributed by atoms with van der Waals surface area (Å²) in [5.74, 6) is 3.62. The molecular formula is C7H13Br2OP. The molecule has 0 N–H and O–H groups in total. The quantitative estimate of drug-likeness (QED) is 0.544. The van der Waals surface area contributed by atoms with E-state index in [1.165, 1.54) is 0 Å². The molecule has 0 spiro atoms. The summed E-state index contributed by atoms with van der Waals surface area (Å²) in [6.07, 6.45) is 0. The third kappa shape index (κ3) is 6.12. The predicted octanol–water partition coefficient (Wildman–Crippen LogP) is 4.62. The zero-order valence-corrected chi connectivity index (χ0v) is 11.0. The lowest BCUT2D eigenvalue weighted by atomic mass is 10.2. The van der Waals surface area contributed by atoms with Gasteiger partial charge in [0.1, 0.15) is 5.76 Å². The monoisotopic (exact) mass is 302 g/mol. The van der Waals surface area contributed by atoms with Crippen molar-refractivity contribution in [3.8, 4) is 0 Å². The minimum absolute atomic E-state index is 0.346. The van der Waals surface area contributed by atoms with E-state index in [1.54, 1.807) is 0 Å². The highest BCUT2D eigenvalue weighted by Crippen LogP contribution is 2.54. The van der Waals surface area contributed by atoms with Crippen molar-refractivity contribution in [2.45, 2.75) is 20.8 Å². The van der Waals surface area contributed by atoms with Gasteiger partial charge in [0.05, 0.1) is 11.9 Å². The summed E-state index contributed by atoms with van der Waals surface area (Å²) in [5.41, 5.74) is 0. The minimum atomic E-state index is -0.346. The van der Waals surface area contributed by atoms with Gasteiger partial charge in [0, 0.05) is 5.92 Å². The molecule has 0 aromatic heterocycles. The Labute approximate surface area is 85.8 Å². The normalized spacial score (nSPS) is 12.8. The standard InChI is InChI=1S/C7H13Br2OP/c1-4-10-7(6(2)3)5-11(8)9/h5-6H,4H2,1-3H3. The Morgan fingerprint density at radius 1 is 1.55 bits per heavy atom. The molecule has 0 saturated carbocycles. The van der Waals surface area contributed by atoms with Crippen molar-refractivity contribution >= 4 is 36.3 Å². The number of rotatable bonds is 4. The summed E-state index contributed by atoms with van der Waals surface area (Å²) in [4.78, 5) is 0. The number of hydrogen-bond donors (Lipinski definition) is 0. The fourth-order valence-corrected chi connectivity index (χ4v) is 2.39. The van der Waals surface area contributed by atoms with Gasteiger partial charge < -0.3 is 4.74 Å². The fourth-order valence-electron chi connectivity index (χ4n) is 0.616. The van der Waals surface area contributed by atoms with Crippen molar-refractivity contribution < 1.29 is 4.74 Å². The van der Waals surface area contributed by atoms with E-state index in [9.17, 15) is 0 Å². The molecule has 66 valence electrons. The Bertz CT molecular complexity index is 134. The van der Waals surface area contributed by atoms with Crippen LogP contribution < -0.4 is 0 Å². The van der Waals surface area contributed by atoms with E-state index in [0.29, 0.717) is 5.92 Å². The van der Waals surface area contributed by atoms with Gasteiger partial charge in [-0.1, -0.05) is 13.8 Å². The molecule has 0 unspecified atom stereocenters. The topological polar surface area (TPSA) is 9.23 Å². The molecule has 0 bridgehead atoms. The number of allylic oxidation sites excluding steroid dienone is 1. The van der Waals surface area contributed by atoms with Gasteiger partial charge in [0.2, 0.25) is 0 Å². The lowest BCUT2D eigenvalue weighted by molar-refractivity contribution is 0.201. The third-order valence-electron chi connectivity index (χ3n) is 1.10. The minimum Gasteiger partial charge on any atom is -0.498 e. The SMILES string of the molecule is CCOC(=CP(Br)Br)C(C)C. The fraction of sp³-hybridized carbons (Fsp3) is 0.714. The highest BCUT2D eigenvalue weighted by Gasteiger charge is 2.05. The molecule has 0 aliphatic heterocycles. The van der Waals surface area contributed by atoms with E-state index in [2.05, 4.69) is 50.6 Å². The van der Waals surface area contributed by atoms with Crippen LogP contribution in [-0.2, 0) is 4.74 Å². The summed E-state index contributed by atoms with van der Waals surface area (Å²) in [5, 5.41) is -0.346. The Kier molecular flexibility index (Phi) is 6.99. The molecule has 0 aromatic carbocycles. The van der Waals surface area contributed by atoms with Gasteiger partial charge in [-0.2, -0.15) is 0 Å². The molecule has 0 rings (SSSR count). The molecule has 0 radical (unpaired) electrons. The van der Waals surface area contributed by atoms with Crippen LogP contribution in [0.3, 0.4) is 0 Å². The first-order valence-electron chi connectivity index (χ1n) is 3.53. The van der Waals surface area contributed by atoms with Gasteiger partial charge in [0.25, 0.3) is 0 Å². The molecule has 11 heavy (non-hydrogen) atoms. The van der Waals surface area contributed by atoms with Crippen molar-refractivity contribution in [3.63, 3.8) is 0 Å². The zero-order valence-electron chi connectivity index (χ0n) is 6.97. The van der Waals surface area contributed by atoms with Crippen LogP contribution in [0.1, 0.15) is 20.8 Å². The van der Waals surface area contributed by atoms with Crippen LogP contribution in [0.2, 0.25) is 0 Å². The van der Waals surface area contributed by atoms with Crippen molar-refractivity contribution in [1.82, 2.24) is 0 Å². The van der Waals surface area contributed by atoms with Crippen LogP contribution in [0, 0.1) is 5.92 Å². The second kappa shape index (κ2) is 6.45. The first-order valence-corrected chi connectivity index (χ1v) is 8.98. The Morgan fingerprint density at radius 3 is 2.36 bits per heavy atom. The first-order chi connectivity index (χ1) is 5.07. The Hall–Kier alpha value is 0.930. The zero-order chi connectivity index (χ0) is 8.85. The van der Waals surface area contributed by atoms with E-state index in [1.807, 2.05) is 6.92 Å². The largest absolute Gasteiger partial charge is 0.498 e. The molecule has 0 aliphatic carbocycles. The molecular weight excluding hydrogens is 291 g/mol. The van der Waals surface area contributed by atoms with Gasteiger partial charge in [-0.15, -0.1) is 0 Å². The Morgan fingerprint density at radius 2 is 2.09 bits per heavy atom. The number of ether oxygens (including phenoxy) is 1. The highest BCUT2D eigenvalue weighted by molar-refractivity contribution is 9.69. The van der Waals surface area contributed by atoms with E-state index < -0.39 is 0 Å². The maximum atomic E-state index is 5.43. The summed E-state index contributed by atoms with van der Waals surface area (Å²) >= 11 is 6.88. The average Bonchev–Trinajstić information content (AvgIpc) is 1.86. The molecule has 0 atom stereocenters. The molecule has 0 fully saturated rings. The second-order valence-electron chi connectivity index (χ2n) is 2.38. The molecule has 0 amide bonds. The molecule has 0 heterocycles. The van der Waals surface area contributed by atoms with Crippen molar-refractivity contribution in [2.24, 2.45) is 5.92 Å². The van der Waals surface area contributed by atoms with Crippen molar-refractivity contribution in [1.29, 1.82) is 0 Å². The number of hydrogen-bond acceptors (Lipinski definition) is 1.